The molecule has 2 heterocycles. The molecule has 6 aromatic rings. The SMILES string of the molecule is O=C([O-])c1cc(N=c2[nH]c(N(CCO)CCO)nc(=Nc3ccccc3)[nH]2)ccc1/C=C/c1ccc(N=c2[nH]c(N(CCO)CCO)nc(=Nc3ccccc3)[nH]2)cc1C(=O)[O-].[Na+].[Na+]. The van der Waals surface area contributed by atoms with Crippen LogP contribution >= 0.6 is 0 Å². The number of H-pyrrole nitrogens is 4. The molecule has 0 saturated heterocycles. The fraction of sp³-hybridized carbons (Fsp3) is 0.190. The van der Waals surface area contributed by atoms with Gasteiger partial charge in [0.05, 0.1) is 61.1 Å². The predicted octanol–water partition coefficient (Wildman–Crippen LogP) is -6.79. The number of hydrogen-bond donors (Lipinski definition) is 8. The van der Waals surface area contributed by atoms with Gasteiger partial charge in [0.15, 0.2) is 0 Å². The van der Waals surface area contributed by atoms with E-state index in [0.29, 0.717) is 11.4 Å². The van der Waals surface area contributed by atoms with Crippen molar-refractivity contribution in [1.82, 2.24) is 29.9 Å². The minimum Gasteiger partial charge on any atom is -0.545 e. The van der Waals surface area contributed by atoms with Crippen LogP contribution < -0.4 is 102 Å². The number of aliphatic hydroxyl groups is 4. The molecule has 0 unspecified atom stereocenters. The number of nitrogens with one attached hydrogen (secondary N) is 4. The number of anilines is 2. The van der Waals surface area contributed by atoms with Crippen LogP contribution in [0.15, 0.2) is 117 Å². The molecule has 22 heteroatoms. The average Bonchev–Trinajstić information content (AvgIpc) is 3.26. The van der Waals surface area contributed by atoms with Gasteiger partial charge in [-0.1, -0.05) is 60.7 Å². The molecule has 0 radical (unpaired) electrons. The number of para-hydroxylation sites is 2. The number of carboxylic acid groups (broad SMARTS) is 2. The standard InChI is InChI=1S/C42H44N12O8.2Na/c55-21-17-53(18-22-56)41-49-37(43-29-7-3-1-4-8-29)47-39(51-41)45-31-15-13-27(33(25-31)35(59)60)11-12-28-14-16-32(26-34(28)36(61)62)46-40-48-38(44-30-9-5-2-6-10-30)50-42(52-40)54(19-23-57)20-24-58;;/h1-16,25-26,55-58H,17-24H2,(H,59,60)(H,61,62)(H2,43,45,47,49,51)(H2,44,46,48,50,52);;/q;2*+1/p-2/b12-11+;;. The zero-order valence-electron chi connectivity index (χ0n) is 35.0. The molecule has 0 bridgehead atoms. The molecule has 0 aliphatic carbocycles. The normalized spacial score (nSPS) is 12.2. The molecule has 0 atom stereocenters. The Morgan fingerprint density at radius 1 is 0.516 bits per heavy atom. The summed E-state index contributed by atoms with van der Waals surface area (Å²) in [5.74, 6) is -2.57. The van der Waals surface area contributed by atoms with Gasteiger partial charge in [0.1, 0.15) is 0 Å². The Labute approximate surface area is 409 Å². The number of carbonyl (C=O) groups is 2. The molecular formula is C42H42N12Na2O8. The van der Waals surface area contributed by atoms with E-state index in [4.69, 9.17) is 0 Å². The minimum atomic E-state index is -1.52. The van der Waals surface area contributed by atoms with Gasteiger partial charge in [0.25, 0.3) is 0 Å². The number of benzene rings is 4. The first-order valence-electron chi connectivity index (χ1n) is 19.2. The topological polar surface area (TPSA) is 306 Å². The van der Waals surface area contributed by atoms with Crippen molar-refractivity contribution in [1.29, 1.82) is 0 Å². The van der Waals surface area contributed by atoms with Crippen LogP contribution in [0.25, 0.3) is 12.2 Å². The van der Waals surface area contributed by atoms with Gasteiger partial charge in [-0.05, 0) is 59.7 Å². The fourth-order valence-corrected chi connectivity index (χ4v) is 6.01. The van der Waals surface area contributed by atoms with Crippen molar-refractivity contribution in [3.05, 3.63) is 142 Å². The van der Waals surface area contributed by atoms with E-state index in [2.05, 4.69) is 49.9 Å². The van der Waals surface area contributed by atoms with Gasteiger partial charge in [-0.3, -0.25) is 19.9 Å². The number of aliphatic hydroxyl groups excluding tert-OH is 4. The Morgan fingerprint density at radius 2 is 0.875 bits per heavy atom. The third-order valence-corrected chi connectivity index (χ3v) is 8.84. The zero-order chi connectivity index (χ0) is 43.8. The van der Waals surface area contributed by atoms with Gasteiger partial charge in [0, 0.05) is 37.3 Å². The second-order valence-corrected chi connectivity index (χ2v) is 13.2. The van der Waals surface area contributed by atoms with Crippen LogP contribution in [0.1, 0.15) is 31.8 Å². The minimum absolute atomic E-state index is 0. The fourth-order valence-electron chi connectivity index (χ4n) is 6.01. The number of aromatic nitrogens is 6. The van der Waals surface area contributed by atoms with Gasteiger partial charge in [-0.25, -0.2) is 20.0 Å². The first-order valence-corrected chi connectivity index (χ1v) is 19.2. The van der Waals surface area contributed by atoms with Crippen LogP contribution in [0.4, 0.5) is 34.6 Å². The van der Waals surface area contributed by atoms with Crippen molar-refractivity contribution >= 4 is 58.7 Å². The molecular weight excluding hydrogens is 847 g/mol. The van der Waals surface area contributed by atoms with Gasteiger partial charge in [-0.2, -0.15) is 9.97 Å². The number of carboxylic acids is 2. The van der Waals surface area contributed by atoms with Crippen molar-refractivity contribution in [2.24, 2.45) is 20.0 Å². The number of hydrogen-bond acceptors (Lipinski definition) is 16. The van der Waals surface area contributed by atoms with Crippen LogP contribution in [0.5, 0.6) is 0 Å². The molecule has 0 fully saturated rings. The molecule has 320 valence electrons. The predicted molar refractivity (Wildman–Crippen MR) is 223 cm³/mol. The summed E-state index contributed by atoms with van der Waals surface area (Å²) in [6.45, 7) is -0.361. The molecule has 0 amide bonds. The Balaban J connectivity index is 0.00000449. The maximum Gasteiger partial charge on any atom is 1.00 e. The van der Waals surface area contributed by atoms with Crippen molar-refractivity contribution in [2.75, 3.05) is 62.4 Å². The molecule has 0 saturated carbocycles. The van der Waals surface area contributed by atoms with Crippen LogP contribution in [0.2, 0.25) is 0 Å². The number of aromatic amines is 4. The van der Waals surface area contributed by atoms with E-state index in [9.17, 15) is 40.2 Å². The quantitative estimate of drug-likeness (QED) is 0.0295. The maximum atomic E-state index is 12.4. The molecule has 20 nitrogen and oxygen atoms in total. The number of carbonyl (C=O) groups excluding carboxylic acids is 2. The van der Waals surface area contributed by atoms with E-state index in [1.165, 1.54) is 36.4 Å². The molecule has 4 aromatic carbocycles. The summed E-state index contributed by atoms with van der Waals surface area (Å²) in [5, 5.41) is 63.3. The third-order valence-electron chi connectivity index (χ3n) is 8.84. The molecule has 0 aliphatic heterocycles. The molecule has 64 heavy (non-hydrogen) atoms. The van der Waals surface area contributed by atoms with Crippen LogP contribution in [-0.4, -0.2) is 115 Å². The van der Waals surface area contributed by atoms with Gasteiger partial charge in [0.2, 0.25) is 34.4 Å². The van der Waals surface area contributed by atoms with Crippen molar-refractivity contribution in [3.8, 4) is 0 Å². The molecule has 2 aromatic heterocycles. The van der Waals surface area contributed by atoms with E-state index in [-0.39, 0.29) is 180 Å². The Kier molecular flexibility index (Phi) is 20.3. The number of aromatic carboxylic acids is 2. The van der Waals surface area contributed by atoms with Crippen LogP contribution in [0.3, 0.4) is 0 Å². The summed E-state index contributed by atoms with van der Waals surface area (Å²) < 4.78 is 0. The summed E-state index contributed by atoms with van der Waals surface area (Å²) in [4.78, 5) is 67.0. The first-order chi connectivity index (χ1) is 30.2. The van der Waals surface area contributed by atoms with Gasteiger partial charge >= 0.3 is 59.1 Å². The van der Waals surface area contributed by atoms with Crippen molar-refractivity contribution in [3.63, 3.8) is 0 Å². The smallest absolute Gasteiger partial charge is 0.545 e. The van der Waals surface area contributed by atoms with Gasteiger partial charge in [-0.15, -0.1) is 0 Å². The van der Waals surface area contributed by atoms with E-state index in [0.717, 1.165) is 0 Å². The number of nitrogens with zero attached hydrogens (tertiary/aromatic N) is 8. The summed E-state index contributed by atoms with van der Waals surface area (Å²) in [6, 6.07) is 26.6. The molecule has 0 spiro atoms. The Hall–Kier alpha value is -5.78. The Bertz CT molecular complexity index is 2610. The van der Waals surface area contributed by atoms with Crippen LogP contribution in [-0.2, 0) is 0 Å². The monoisotopic (exact) mass is 888 g/mol. The van der Waals surface area contributed by atoms with Crippen LogP contribution in [0, 0.1) is 0 Å². The Morgan fingerprint density at radius 3 is 1.20 bits per heavy atom. The average molecular weight is 889 g/mol. The van der Waals surface area contributed by atoms with Gasteiger partial charge < -0.3 is 50.0 Å². The zero-order valence-corrected chi connectivity index (χ0v) is 39.0. The molecule has 6 rings (SSSR count). The molecule has 8 N–H and O–H groups in total. The third kappa shape index (κ3) is 14.4. The summed E-state index contributed by atoms with van der Waals surface area (Å²) in [6.07, 6.45) is 2.83. The largest absolute Gasteiger partial charge is 1.00 e. The summed E-state index contributed by atoms with van der Waals surface area (Å²) >= 11 is 0. The van der Waals surface area contributed by atoms with E-state index >= 15 is 0 Å². The first kappa shape index (κ1) is 50.9. The second kappa shape index (κ2) is 25.5. The maximum absolute atomic E-state index is 12.4. The number of rotatable bonds is 18. The van der Waals surface area contributed by atoms with E-state index < -0.39 is 11.9 Å². The van der Waals surface area contributed by atoms with E-state index in [1.807, 2.05) is 12.1 Å². The van der Waals surface area contributed by atoms with Crippen molar-refractivity contribution in [2.45, 2.75) is 0 Å². The molecule has 0 aliphatic rings. The summed E-state index contributed by atoms with van der Waals surface area (Å²) in [5.41, 5.74) is 1.94. The second-order valence-electron chi connectivity index (χ2n) is 13.2. The van der Waals surface area contributed by atoms with Crippen molar-refractivity contribution < 1.29 is 99.3 Å². The van der Waals surface area contributed by atoms with E-state index in [1.54, 1.807) is 70.5 Å². The summed E-state index contributed by atoms with van der Waals surface area (Å²) in [7, 11) is 0.